The standard InChI is InChI=1S/C22H27N3O4/c1-3-24(4-2)18-12-10-17(11-13-18)22(28)29-16-21(27)25(15-14-20(23)26)19-8-6-5-7-9-19/h5-13H,3-4,14-16H2,1-2H3,(H2,23,26). The molecule has 0 saturated heterocycles. The molecule has 2 aromatic carbocycles. The van der Waals surface area contributed by atoms with E-state index in [0.29, 0.717) is 11.3 Å². The Kier molecular flexibility index (Phi) is 8.21. The van der Waals surface area contributed by atoms with Crippen LogP contribution in [0.1, 0.15) is 30.6 Å². The molecule has 0 aliphatic carbocycles. The minimum atomic E-state index is -0.577. The van der Waals surface area contributed by atoms with E-state index >= 15 is 0 Å². The minimum Gasteiger partial charge on any atom is -0.452 e. The molecule has 7 heteroatoms. The third kappa shape index (κ3) is 6.34. The van der Waals surface area contributed by atoms with E-state index in [9.17, 15) is 14.4 Å². The molecule has 0 spiro atoms. The summed E-state index contributed by atoms with van der Waals surface area (Å²) in [5.74, 6) is -1.51. The average molecular weight is 397 g/mol. The fourth-order valence-electron chi connectivity index (χ4n) is 2.91. The van der Waals surface area contributed by atoms with Crippen molar-refractivity contribution in [2.45, 2.75) is 20.3 Å². The van der Waals surface area contributed by atoms with Crippen molar-refractivity contribution in [1.82, 2.24) is 0 Å². The van der Waals surface area contributed by atoms with Crippen molar-refractivity contribution in [1.29, 1.82) is 0 Å². The topological polar surface area (TPSA) is 92.9 Å². The maximum Gasteiger partial charge on any atom is 0.338 e. The van der Waals surface area contributed by atoms with Gasteiger partial charge in [0.2, 0.25) is 5.91 Å². The number of anilines is 2. The first-order valence-electron chi connectivity index (χ1n) is 9.62. The second kappa shape index (κ2) is 10.8. The molecule has 0 aliphatic heterocycles. The van der Waals surface area contributed by atoms with Crippen molar-refractivity contribution in [2.75, 3.05) is 36.0 Å². The molecule has 154 valence electrons. The monoisotopic (exact) mass is 397 g/mol. The van der Waals surface area contributed by atoms with Gasteiger partial charge >= 0.3 is 5.97 Å². The number of hydrogen-bond acceptors (Lipinski definition) is 5. The molecule has 0 saturated carbocycles. The van der Waals surface area contributed by atoms with Gasteiger partial charge in [-0.3, -0.25) is 9.59 Å². The van der Waals surface area contributed by atoms with Crippen LogP contribution >= 0.6 is 0 Å². The summed E-state index contributed by atoms with van der Waals surface area (Å²) >= 11 is 0. The third-order valence-corrected chi connectivity index (χ3v) is 4.51. The highest BCUT2D eigenvalue weighted by molar-refractivity contribution is 5.97. The quantitative estimate of drug-likeness (QED) is 0.622. The number of carbonyl (C=O) groups excluding carboxylic acids is 3. The lowest BCUT2D eigenvalue weighted by Crippen LogP contribution is -2.37. The summed E-state index contributed by atoms with van der Waals surface area (Å²) in [5, 5.41) is 0. The molecule has 0 bridgehead atoms. The summed E-state index contributed by atoms with van der Waals surface area (Å²) in [7, 11) is 0. The van der Waals surface area contributed by atoms with E-state index in [0.717, 1.165) is 18.8 Å². The molecule has 2 aromatic rings. The zero-order valence-electron chi connectivity index (χ0n) is 16.8. The molecule has 29 heavy (non-hydrogen) atoms. The van der Waals surface area contributed by atoms with Crippen LogP contribution in [0.4, 0.5) is 11.4 Å². The summed E-state index contributed by atoms with van der Waals surface area (Å²) < 4.78 is 5.19. The number of nitrogens with two attached hydrogens (primary N) is 1. The number of benzene rings is 2. The van der Waals surface area contributed by atoms with Gasteiger partial charge in [-0.2, -0.15) is 0 Å². The minimum absolute atomic E-state index is 0.0153. The highest BCUT2D eigenvalue weighted by atomic mass is 16.5. The maximum atomic E-state index is 12.6. The Morgan fingerprint density at radius 2 is 1.52 bits per heavy atom. The van der Waals surface area contributed by atoms with Crippen LogP contribution in [0.3, 0.4) is 0 Å². The van der Waals surface area contributed by atoms with E-state index in [2.05, 4.69) is 18.7 Å². The lowest BCUT2D eigenvalue weighted by molar-refractivity contribution is -0.121. The number of esters is 1. The van der Waals surface area contributed by atoms with E-state index < -0.39 is 24.4 Å². The predicted octanol–water partition coefficient (Wildman–Crippen LogP) is 2.60. The summed E-state index contributed by atoms with van der Waals surface area (Å²) in [4.78, 5) is 39.6. The number of rotatable bonds is 10. The molecule has 0 aromatic heterocycles. The molecule has 0 atom stereocenters. The molecule has 2 N–H and O–H groups in total. The van der Waals surface area contributed by atoms with Crippen molar-refractivity contribution < 1.29 is 19.1 Å². The Bertz CT molecular complexity index is 818. The molecule has 0 fully saturated rings. The van der Waals surface area contributed by atoms with Crippen LogP contribution in [0.5, 0.6) is 0 Å². The van der Waals surface area contributed by atoms with Crippen molar-refractivity contribution in [3.8, 4) is 0 Å². The first kappa shape index (κ1) is 21.9. The zero-order valence-corrected chi connectivity index (χ0v) is 16.8. The SMILES string of the molecule is CCN(CC)c1ccc(C(=O)OCC(=O)N(CCC(N)=O)c2ccccc2)cc1. The van der Waals surface area contributed by atoms with E-state index in [4.69, 9.17) is 10.5 Å². The van der Waals surface area contributed by atoms with Gasteiger partial charge in [0, 0.05) is 37.4 Å². The van der Waals surface area contributed by atoms with Gasteiger partial charge in [0.25, 0.3) is 5.91 Å². The Balaban J connectivity index is 2.01. The van der Waals surface area contributed by atoms with Crippen molar-refractivity contribution in [3.63, 3.8) is 0 Å². The van der Waals surface area contributed by atoms with Crippen LogP contribution in [0.2, 0.25) is 0 Å². The summed E-state index contributed by atoms with van der Waals surface area (Å²) in [6, 6.07) is 15.9. The van der Waals surface area contributed by atoms with Crippen molar-refractivity contribution in [3.05, 3.63) is 60.2 Å². The molecular formula is C22H27N3O4. The van der Waals surface area contributed by atoms with Gasteiger partial charge < -0.3 is 20.3 Å². The Morgan fingerprint density at radius 3 is 2.07 bits per heavy atom. The molecule has 2 rings (SSSR count). The summed E-state index contributed by atoms with van der Waals surface area (Å²) in [5.41, 5.74) is 7.20. The van der Waals surface area contributed by atoms with Crippen LogP contribution in [0.25, 0.3) is 0 Å². The predicted molar refractivity (Wildman–Crippen MR) is 113 cm³/mol. The van der Waals surface area contributed by atoms with Crippen LogP contribution in [0, 0.1) is 0 Å². The van der Waals surface area contributed by atoms with Crippen LogP contribution in [-0.2, 0) is 14.3 Å². The van der Waals surface area contributed by atoms with E-state index in [-0.39, 0.29) is 13.0 Å². The average Bonchev–Trinajstić information content (AvgIpc) is 2.74. The molecule has 7 nitrogen and oxygen atoms in total. The van der Waals surface area contributed by atoms with E-state index in [1.165, 1.54) is 4.90 Å². The van der Waals surface area contributed by atoms with E-state index in [1.807, 2.05) is 18.2 Å². The number of ether oxygens (including phenoxy) is 1. The first-order chi connectivity index (χ1) is 14.0. The third-order valence-electron chi connectivity index (χ3n) is 4.51. The smallest absolute Gasteiger partial charge is 0.338 e. The van der Waals surface area contributed by atoms with Gasteiger partial charge in [-0.1, -0.05) is 18.2 Å². The molecule has 0 heterocycles. The lowest BCUT2D eigenvalue weighted by Gasteiger charge is -2.22. The molecule has 0 radical (unpaired) electrons. The van der Waals surface area contributed by atoms with Gasteiger partial charge in [-0.25, -0.2) is 4.79 Å². The van der Waals surface area contributed by atoms with E-state index in [1.54, 1.807) is 36.4 Å². The number of para-hydroxylation sites is 1. The number of amides is 2. The normalized spacial score (nSPS) is 10.3. The maximum absolute atomic E-state index is 12.6. The second-order valence-corrected chi connectivity index (χ2v) is 6.39. The van der Waals surface area contributed by atoms with Crippen molar-refractivity contribution >= 4 is 29.2 Å². The van der Waals surface area contributed by atoms with Gasteiger partial charge in [0.1, 0.15) is 0 Å². The Hall–Kier alpha value is -3.35. The van der Waals surface area contributed by atoms with Crippen LogP contribution < -0.4 is 15.5 Å². The number of hydrogen-bond donors (Lipinski definition) is 1. The highest BCUT2D eigenvalue weighted by Crippen LogP contribution is 2.17. The van der Waals surface area contributed by atoms with Gasteiger partial charge in [-0.05, 0) is 50.2 Å². The number of nitrogens with zero attached hydrogens (tertiary/aromatic N) is 2. The van der Waals surface area contributed by atoms with Crippen molar-refractivity contribution in [2.24, 2.45) is 5.73 Å². The second-order valence-electron chi connectivity index (χ2n) is 6.39. The highest BCUT2D eigenvalue weighted by Gasteiger charge is 2.19. The number of carbonyl (C=O) groups is 3. The molecule has 0 aliphatic rings. The Labute approximate surface area is 171 Å². The molecule has 2 amide bonds. The van der Waals surface area contributed by atoms with Gasteiger partial charge in [0.05, 0.1) is 5.56 Å². The zero-order chi connectivity index (χ0) is 21.2. The van der Waals surface area contributed by atoms with Gasteiger partial charge in [0.15, 0.2) is 6.61 Å². The first-order valence-corrected chi connectivity index (χ1v) is 9.62. The summed E-state index contributed by atoms with van der Waals surface area (Å²) in [6.07, 6.45) is 0.0153. The molecular weight excluding hydrogens is 370 g/mol. The largest absolute Gasteiger partial charge is 0.452 e. The fourth-order valence-corrected chi connectivity index (χ4v) is 2.91. The lowest BCUT2D eigenvalue weighted by atomic mass is 10.2. The van der Waals surface area contributed by atoms with Crippen LogP contribution in [0.15, 0.2) is 54.6 Å². The number of primary amides is 1. The van der Waals surface area contributed by atoms with Gasteiger partial charge in [-0.15, -0.1) is 0 Å². The fraction of sp³-hybridized carbons (Fsp3) is 0.318. The summed E-state index contributed by atoms with van der Waals surface area (Å²) in [6.45, 7) is 5.56. The van der Waals surface area contributed by atoms with Crippen LogP contribution in [-0.4, -0.2) is 44.0 Å². The molecule has 0 unspecified atom stereocenters. The Morgan fingerprint density at radius 1 is 0.897 bits per heavy atom.